The van der Waals surface area contributed by atoms with Crippen LogP contribution in [0.1, 0.15) is 36.8 Å². The van der Waals surface area contributed by atoms with E-state index in [1.807, 2.05) is 30.3 Å². The van der Waals surface area contributed by atoms with Crippen molar-refractivity contribution in [2.24, 2.45) is 5.92 Å². The summed E-state index contributed by atoms with van der Waals surface area (Å²) in [7, 11) is 0. The smallest absolute Gasteiger partial charge is 0.229 e. The number of hydrogen-bond acceptors (Lipinski definition) is 3. The summed E-state index contributed by atoms with van der Waals surface area (Å²) in [5.74, 6) is -0.374. The fourth-order valence-corrected chi connectivity index (χ4v) is 4.75. The average molecular weight is 403 g/mol. The summed E-state index contributed by atoms with van der Waals surface area (Å²) in [6, 6.07) is 13.6. The van der Waals surface area contributed by atoms with E-state index in [1.165, 1.54) is 17.5 Å². The Balaban J connectivity index is 1.23. The van der Waals surface area contributed by atoms with Crippen LogP contribution in [0.5, 0.6) is 0 Å². The van der Waals surface area contributed by atoms with E-state index in [0.29, 0.717) is 18.7 Å². The van der Waals surface area contributed by atoms with E-state index >= 15 is 0 Å². The Morgan fingerprint density at radius 1 is 0.833 bits per heavy atom. The molecule has 3 amide bonds. The van der Waals surface area contributed by atoms with Gasteiger partial charge in [0.2, 0.25) is 17.7 Å². The second-order valence-electron chi connectivity index (χ2n) is 8.40. The fraction of sp³-hybridized carbons (Fsp3) is 0.375. The molecule has 1 unspecified atom stereocenters. The number of carbonyl (C=O) groups is 3. The Morgan fingerprint density at radius 2 is 1.60 bits per heavy atom. The van der Waals surface area contributed by atoms with Gasteiger partial charge in [-0.3, -0.25) is 14.4 Å². The van der Waals surface area contributed by atoms with Crippen molar-refractivity contribution in [2.75, 3.05) is 28.2 Å². The molecule has 154 valence electrons. The van der Waals surface area contributed by atoms with Gasteiger partial charge in [-0.05, 0) is 73.2 Å². The standard InChI is InChI=1S/C24H25N3O3/c28-22-5-2-12-26(22)20-10-7-19(8-11-20)25-24(30)18-14-23(29)27(15-18)21-9-6-16-3-1-4-17(16)13-21/h6-11,13,18H,1-5,12,14-15H2,(H,25,30). The maximum Gasteiger partial charge on any atom is 0.229 e. The molecule has 2 aromatic carbocycles. The molecule has 0 aromatic heterocycles. The minimum absolute atomic E-state index is 0.00371. The topological polar surface area (TPSA) is 69.7 Å². The first-order valence-corrected chi connectivity index (χ1v) is 10.7. The molecule has 1 atom stereocenters. The summed E-state index contributed by atoms with van der Waals surface area (Å²) in [6.07, 6.45) is 5.04. The van der Waals surface area contributed by atoms with Crippen molar-refractivity contribution in [2.45, 2.75) is 38.5 Å². The number of amides is 3. The van der Waals surface area contributed by atoms with Gasteiger partial charge in [0.25, 0.3) is 0 Å². The van der Waals surface area contributed by atoms with Crippen LogP contribution in [0, 0.1) is 5.92 Å². The van der Waals surface area contributed by atoms with E-state index in [4.69, 9.17) is 0 Å². The lowest BCUT2D eigenvalue weighted by Gasteiger charge is -2.18. The lowest BCUT2D eigenvalue weighted by Crippen LogP contribution is -2.28. The highest BCUT2D eigenvalue weighted by Gasteiger charge is 2.35. The van der Waals surface area contributed by atoms with E-state index in [-0.39, 0.29) is 30.1 Å². The number of rotatable bonds is 4. The molecule has 2 aromatic rings. The number of nitrogens with one attached hydrogen (secondary N) is 1. The van der Waals surface area contributed by atoms with Crippen LogP contribution < -0.4 is 15.1 Å². The molecular formula is C24H25N3O3. The molecule has 2 aliphatic heterocycles. The Labute approximate surface area is 175 Å². The molecule has 30 heavy (non-hydrogen) atoms. The van der Waals surface area contributed by atoms with Gasteiger partial charge in [0.1, 0.15) is 0 Å². The van der Waals surface area contributed by atoms with Gasteiger partial charge in [-0.1, -0.05) is 6.07 Å². The highest BCUT2D eigenvalue weighted by molar-refractivity contribution is 6.03. The van der Waals surface area contributed by atoms with Crippen molar-refractivity contribution in [3.05, 3.63) is 53.6 Å². The minimum atomic E-state index is -0.370. The number of carbonyl (C=O) groups excluding carboxylic acids is 3. The number of hydrogen-bond donors (Lipinski definition) is 1. The second kappa shape index (κ2) is 7.59. The van der Waals surface area contributed by atoms with Crippen molar-refractivity contribution in [3.63, 3.8) is 0 Å². The number of aryl methyl sites for hydroxylation is 2. The van der Waals surface area contributed by atoms with Gasteiger partial charge >= 0.3 is 0 Å². The quantitative estimate of drug-likeness (QED) is 0.852. The van der Waals surface area contributed by atoms with E-state index in [1.54, 1.807) is 9.80 Å². The first kappa shape index (κ1) is 18.9. The van der Waals surface area contributed by atoms with Crippen molar-refractivity contribution in [1.29, 1.82) is 0 Å². The first-order valence-electron chi connectivity index (χ1n) is 10.7. The van der Waals surface area contributed by atoms with Gasteiger partial charge in [0.15, 0.2) is 0 Å². The Hall–Kier alpha value is -3.15. The molecule has 0 radical (unpaired) electrons. The fourth-order valence-electron chi connectivity index (χ4n) is 4.75. The van der Waals surface area contributed by atoms with E-state index < -0.39 is 0 Å². The molecule has 6 nitrogen and oxygen atoms in total. The van der Waals surface area contributed by atoms with Crippen LogP contribution in [0.25, 0.3) is 0 Å². The van der Waals surface area contributed by atoms with E-state index in [2.05, 4.69) is 17.4 Å². The summed E-state index contributed by atoms with van der Waals surface area (Å²) < 4.78 is 0. The molecule has 0 saturated carbocycles. The number of fused-ring (bicyclic) bond motifs is 1. The van der Waals surface area contributed by atoms with E-state index in [9.17, 15) is 14.4 Å². The van der Waals surface area contributed by atoms with Crippen LogP contribution in [0.15, 0.2) is 42.5 Å². The van der Waals surface area contributed by atoms with Gasteiger partial charge in [-0.15, -0.1) is 0 Å². The number of anilines is 3. The third-order valence-corrected chi connectivity index (χ3v) is 6.41. The van der Waals surface area contributed by atoms with Crippen LogP contribution in [0.4, 0.5) is 17.1 Å². The third-order valence-electron chi connectivity index (χ3n) is 6.41. The Bertz CT molecular complexity index is 1010. The van der Waals surface area contributed by atoms with Crippen molar-refractivity contribution < 1.29 is 14.4 Å². The van der Waals surface area contributed by atoms with Crippen LogP contribution in [-0.2, 0) is 27.2 Å². The van der Waals surface area contributed by atoms with Crippen LogP contribution in [-0.4, -0.2) is 30.8 Å². The largest absolute Gasteiger partial charge is 0.326 e. The first-order chi connectivity index (χ1) is 14.6. The predicted octanol–water partition coefficient (Wildman–Crippen LogP) is 3.29. The molecule has 2 heterocycles. The zero-order valence-corrected chi connectivity index (χ0v) is 16.9. The Kier molecular flexibility index (Phi) is 4.77. The van der Waals surface area contributed by atoms with Gasteiger partial charge in [0, 0.05) is 43.0 Å². The SMILES string of the molecule is O=C(Nc1ccc(N2CCCC2=O)cc1)C1CC(=O)N(c2ccc3c(c2)CCC3)C1. The maximum absolute atomic E-state index is 12.8. The van der Waals surface area contributed by atoms with Gasteiger partial charge in [-0.2, -0.15) is 0 Å². The molecule has 5 rings (SSSR count). The summed E-state index contributed by atoms with van der Waals surface area (Å²) in [5, 5.41) is 2.93. The van der Waals surface area contributed by atoms with Gasteiger partial charge < -0.3 is 15.1 Å². The highest BCUT2D eigenvalue weighted by Crippen LogP contribution is 2.31. The average Bonchev–Trinajstić information content (AvgIpc) is 3.47. The molecule has 2 fully saturated rings. The normalized spacial score (nSPS) is 20.7. The number of benzene rings is 2. The minimum Gasteiger partial charge on any atom is -0.326 e. The van der Waals surface area contributed by atoms with E-state index in [0.717, 1.165) is 37.2 Å². The zero-order valence-electron chi connectivity index (χ0n) is 16.9. The van der Waals surface area contributed by atoms with Crippen molar-refractivity contribution in [3.8, 4) is 0 Å². The molecule has 6 heteroatoms. The van der Waals surface area contributed by atoms with Crippen LogP contribution in [0.3, 0.4) is 0 Å². The molecular weight excluding hydrogens is 378 g/mol. The van der Waals surface area contributed by atoms with Gasteiger partial charge in [-0.25, -0.2) is 0 Å². The summed E-state index contributed by atoms with van der Waals surface area (Å²) in [5.41, 5.74) is 5.13. The second-order valence-corrected chi connectivity index (χ2v) is 8.40. The lowest BCUT2D eigenvalue weighted by atomic mass is 10.1. The maximum atomic E-state index is 12.8. The Morgan fingerprint density at radius 3 is 2.37 bits per heavy atom. The highest BCUT2D eigenvalue weighted by atomic mass is 16.2. The number of nitrogens with zero attached hydrogens (tertiary/aromatic N) is 2. The zero-order chi connectivity index (χ0) is 20.7. The molecule has 1 N–H and O–H groups in total. The summed E-state index contributed by atoms with van der Waals surface area (Å²) >= 11 is 0. The molecule has 0 bridgehead atoms. The molecule has 2 saturated heterocycles. The van der Waals surface area contributed by atoms with Crippen LogP contribution in [0.2, 0.25) is 0 Å². The summed E-state index contributed by atoms with van der Waals surface area (Å²) in [4.78, 5) is 40.7. The van der Waals surface area contributed by atoms with Crippen molar-refractivity contribution in [1.82, 2.24) is 0 Å². The predicted molar refractivity (Wildman–Crippen MR) is 116 cm³/mol. The molecule has 1 aliphatic carbocycles. The van der Waals surface area contributed by atoms with Crippen molar-refractivity contribution >= 4 is 34.8 Å². The molecule has 0 spiro atoms. The monoisotopic (exact) mass is 403 g/mol. The lowest BCUT2D eigenvalue weighted by molar-refractivity contribution is -0.122. The summed E-state index contributed by atoms with van der Waals surface area (Å²) in [6.45, 7) is 1.15. The molecule has 3 aliphatic rings. The van der Waals surface area contributed by atoms with Crippen LogP contribution >= 0.6 is 0 Å². The van der Waals surface area contributed by atoms with Gasteiger partial charge in [0.05, 0.1) is 5.92 Å². The third kappa shape index (κ3) is 3.47.